The first-order chi connectivity index (χ1) is 13.6. The van der Waals surface area contributed by atoms with Gasteiger partial charge in [-0.15, -0.1) is 0 Å². The van der Waals surface area contributed by atoms with Gasteiger partial charge in [0.15, 0.2) is 0 Å². The summed E-state index contributed by atoms with van der Waals surface area (Å²) >= 11 is 0. The maximum Gasteiger partial charge on any atom is 0.303 e. The number of carboxylic acid groups (broad SMARTS) is 1. The van der Waals surface area contributed by atoms with E-state index in [1.54, 1.807) is 0 Å². The van der Waals surface area contributed by atoms with Gasteiger partial charge in [0, 0.05) is 6.42 Å². The van der Waals surface area contributed by atoms with Crippen LogP contribution in [0, 0.1) is 46.3 Å². The number of carboxylic acids is 1. The number of rotatable bonds is 4. The first kappa shape index (κ1) is 21.6. The van der Waals surface area contributed by atoms with Gasteiger partial charge in [-0.3, -0.25) is 4.79 Å². The Balaban J connectivity index is 1.61. The predicted octanol–water partition coefficient (Wildman–Crippen LogP) is 3.45. The van der Waals surface area contributed by atoms with Crippen LogP contribution in [0.15, 0.2) is 0 Å². The van der Waals surface area contributed by atoms with Gasteiger partial charge in [0.25, 0.3) is 0 Å². The summed E-state index contributed by atoms with van der Waals surface area (Å²) in [4.78, 5) is 11.1. The number of aliphatic carboxylic acids is 1. The SMILES string of the molecule is C[C@H](CCC(=O)O)[C@@H]1CC[C@H]2[C@@H]3[C@H](O)CC4C[C@H](O)CC[C@]4(C)[C@H]3C[C@H](O)[C@@]21C. The number of hydrogen-bond donors (Lipinski definition) is 4. The van der Waals surface area contributed by atoms with Crippen LogP contribution >= 0.6 is 0 Å². The van der Waals surface area contributed by atoms with Crippen molar-refractivity contribution in [3.63, 3.8) is 0 Å². The second kappa shape index (κ2) is 7.49. The lowest BCUT2D eigenvalue weighted by Gasteiger charge is -2.63. The molecule has 4 N–H and O–H groups in total. The molecule has 4 aliphatic carbocycles. The number of aliphatic hydroxyl groups excluding tert-OH is 3. The molecule has 0 saturated heterocycles. The molecular formula is C24H40O5. The zero-order valence-electron chi connectivity index (χ0n) is 18.3. The molecule has 0 heterocycles. The molecule has 0 aromatic heterocycles. The molecule has 166 valence electrons. The highest BCUT2D eigenvalue weighted by Crippen LogP contribution is 2.68. The molecule has 0 bridgehead atoms. The highest BCUT2D eigenvalue weighted by atomic mass is 16.4. The van der Waals surface area contributed by atoms with Crippen molar-refractivity contribution in [1.29, 1.82) is 0 Å². The summed E-state index contributed by atoms with van der Waals surface area (Å²) in [6.07, 6.45) is 6.00. The second-order valence-electron chi connectivity index (χ2n) is 11.4. The zero-order chi connectivity index (χ0) is 21.1. The van der Waals surface area contributed by atoms with Gasteiger partial charge in [-0.25, -0.2) is 0 Å². The molecule has 4 rings (SSSR count). The maximum absolute atomic E-state index is 11.5. The van der Waals surface area contributed by atoms with E-state index in [0.717, 1.165) is 44.9 Å². The number of hydrogen-bond acceptors (Lipinski definition) is 4. The summed E-state index contributed by atoms with van der Waals surface area (Å²) in [6.45, 7) is 6.72. The van der Waals surface area contributed by atoms with Gasteiger partial charge >= 0.3 is 5.97 Å². The molecule has 0 amide bonds. The molecule has 29 heavy (non-hydrogen) atoms. The first-order valence-electron chi connectivity index (χ1n) is 11.8. The lowest BCUT2D eigenvalue weighted by molar-refractivity contribution is -0.207. The van der Waals surface area contributed by atoms with Gasteiger partial charge in [0.2, 0.25) is 0 Å². The first-order valence-corrected chi connectivity index (χ1v) is 11.8. The van der Waals surface area contributed by atoms with E-state index in [2.05, 4.69) is 20.8 Å². The van der Waals surface area contributed by atoms with Crippen molar-refractivity contribution in [2.75, 3.05) is 0 Å². The van der Waals surface area contributed by atoms with Crippen molar-refractivity contribution in [3.8, 4) is 0 Å². The van der Waals surface area contributed by atoms with Gasteiger partial charge in [0.1, 0.15) is 0 Å². The molecule has 1 unspecified atom stereocenters. The summed E-state index contributed by atoms with van der Waals surface area (Å²) in [5, 5.41) is 42.0. The molecule has 4 saturated carbocycles. The van der Waals surface area contributed by atoms with Crippen LogP contribution in [-0.2, 0) is 4.79 Å². The topological polar surface area (TPSA) is 98.0 Å². The lowest BCUT2D eigenvalue weighted by Crippen LogP contribution is -2.62. The van der Waals surface area contributed by atoms with Gasteiger partial charge in [0.05, 0.1) is 18.3 Å². The largest absolute Gasteiger partial charge is 0.481 e. The van der Waals surface area contributed by atoms with E-state index < -0.39 is 12.1 Å². The Morgan fingerprint density at radius 2 is 1.76 bits per heavy atom. The van der Waals surface area contributed by atoms with Gasteiger partial charge in [-0.2, -0.15) is 0 Å². The van der Waals surface area contributed by atoms with Crippen LogP contribution in [0.25, 0.3) is 0 Å². The summed E-state index contributed by atoms with van der Waals surface area (Å²) in [7, 11) is 0. The minimum Gasteiger partial charge on any atom is -0.481 e. The molecule has 0 aromatic rings. The van der Waals surface area contributed by atoms with Crippen LogP contribution in [0.3, 0.4) is 0 Å². The van der Waals surface area contributed by atoms with Crippen molar-refractivity contribution in [1.82, 2.24) is 0 Å². The number of carbonyl (C=O) groups is 1. The van der Waals surface area contributed by atoms with E-state index in [1.165, 1.54) is 0 Å². The Morgan fingerprint density at radius 3 is 2.45 bits per heavy atom. The Kier molecular flexibility index (Phi) is 5.57. The average molecular weight is 409 g/mol. The van der Waals surface area contributed by atoms with Crippen LogP contribution in [0.4, 0.5) is 0 Å². The van der Waals surface area contributed by atoms with Gasteiger partial charge in [-0.1, -0.05) is 20.8 Å². The third-order valence-corrected chi connectivity index (χ3v) is 10.3. The lowest BCUT2D eigenvalue weighted by atomic mass is 9.43. The summed E-state index contributed by atoms with van der Waals surface area (Å²) in [5.41, 5.74) is -0.143. The number of aliphatic hydroxyl groups is 3. The molecular weight excluding hydrogens is 368 g/mol. The Labute approximate surface area is 174 Å². The fourth-order valence-corrected chi connectivity index (χ4v) is 8.68. The monoisotopic (exact) mass is 408 g/mol. The van der Waals surface area contributed by atoms with E-state index in [-0.39, 0.29) is 41.3 Å². The summed E-state index contributed by atoms with van der Waals surface area (Å²) in [6, 6.07) is 0. The van der Waals surface area contributed by atoms with E-state index in [1.807, 2.05) is 0 Å². The summed E-state index contributed by atoms with van der Waals surface area (Å²) < 4.78 is 0. The molecule has 5 nitrogen and oxygen atoms in total. The standard InChI is InChI=1S/C24H40O5/c1-13(4-7-21(28)29)16-5-6-17-22-18(12-20(27)24(16,17)3)23(2)9-8-15(25)10-14(23)11-19(22)26/h13-20,22,25-27H,4-12H2,1-3H3,(H,28,29)/t13-,14?,15-,16+,17+,18+,19-,20+,22+,23+,24-/m1/s1. The summed E-state index contributed by atoms with van der Waals surface area (Å²) in [5.74, 6) is 0.997. The van der Waals surface area contributed by atoms with Crippen LogP contribution in [-0.4, -0.2) is 44.7 Å². The molecule has 0 spiro atoms. The van der Waals surface area contributed by atoms with Crippen LogP contribution in [0.1, 0.15) is 78.6 Å². The highest BCUT2D eigenvalue weighted by Gasteiger charge is 2.65. The van der Waals surface area contributed by atoms with E-state index >= 15 is 0 Å². The Hall–Kier alpha value is -0.650. The predicted molar refractivity (Wildman–Crippen MR) is 110 cm³/mol. The van der Waals surface area contributed by atoms with Crippen LogP contribution in [0.5, 0.6) is 0 Å². The van der Waals surface area contributed by atoms with E-state index in [0.29, 0.717) is 30.1 Å². The number of fused-ring (bicyclic) bond motifs is 5. The average Bonchev–Trinajstić information content (AvgIpc) is 3.01. The third-order valence-electron chi connectivity index (χ3n) is 10.3. The minimum absolute atomic E-state index is 0.0957. The molecule has 0 aliphatic heterocycles. The molecule has 4 aliphatic rings. The fraction of sp³-hybridized carbons (Fsp3) is 0.958. The Bertz CT molecular complexity index is 637. The van der Waals surface area contributed by atoms with Gasteiger partial charge < -0.3 is 20.4 Å². The molecule has 0 aromatic carbocycles. The smallest absolute Gasteiger partial charge is 0.303 e. The second-order valence-corrected chi connectivity index (χ2v) is 11.4. The van der Waals surface area contributed by atoms with E-state index in [9.17, 15) is 20.1 Å². The van der Waals surface area contributed by atoms with Crippen molar-refractivity contribution in [2.45, 2.75) is 96.9 Å². The van der Waals surface area contributed by atoms with E-state index in [4.69, 9.17) is 5.11 Å². The van der Waals surface area contributed by atoms with Crippen LogP contribution < -0.4 is 0 Å². The highest BCUT2D eigenvalue weighted by molar-refractivity contribution is 5.66. The normalized spacial score (nSPS) is 52.9. The van der Waals surface area contributed by atoms with Crippen molar-refractivity contribution in [2.24, 2.45) is 46.3 Å². The van der Waals surface area contributed by atoms with Crippen molar-refractivity contribution in [3.05, 3.63) is 0 Å². The molecule has 5 heteroatoms. The third kappa shape index (κ3) is 3.27. The zero-order valence-corrected chi connectivity index (χ0v) is 18.3. The minimum atomic E-state index is -0.748. The molecule has 4 fully saturated rings. The van der Waals surface area contributed by atoms with Crippen molar-refractivity contribution < 1.29 is 25.2 Å². The fourth-order valence-electron chi connectivity index (χ4n) is 8.68. The van der Waals surface area contributed by atoms with Crippen molar-refractivity contribution >= 4 is 5.97 Å². The van der Waals surface area contributed by atoms with Gasteiger partial charge in [-0.05, 0) is 97.7 Å². The maximum atomic E-state index is 11.5. The quantitative estimate of drug-likeness (QED) is 0.571. The Morgan fingerprint density at radius 1 is 1.03 bits per heavy atom. The molecule has 11 atom stereocenters. The van der Waals surface area contributed by atoms with Crippen LogP contribution in [0.2, 0.25) is 0 Å². The molecule has 0 radical (unpaired) electrons.